The number of imidazole rings is 1. The Morgan fingerprint density at radius 3 is 3.28 bits per heavy atom. The zero-order valence-electron chi connectivity index (χ0n) is 10.4. The summed E-state index contributed by atoms with van der Waals surface area (Å²) < 4.78 is 7.90. The van der Waals surface area contributed by atoms with Gasteiger partial charge in [-0.25, -0.2) is 4.98 Å². The number of rotatable bonds is 5. The van der Waals surface area contributed by atoms with E-state index >= 15 is 0 Å². The van der Waals surface area contributed by atoms with Gasteiger partial charge in [0.1, 0.15) is 5.82 Å². The third-order valence-electron chi connectivity index (χ3n) is 3.41. The van der Waals surface area contributed by atoms with E-state index in [9.17, 15) is 0 Å². The van der Waals surface area contributed by atoms with Gasteiger partial charge in [-0.05, 0) is 37.1 Å². The average Bonchev–Trinajstić information content (AvgIpc) is 3.12. The van der Waals surface area contributed by atoms with Crippen LogP contribution in [0.3, 0.4) is 0 Å². The predicted octanol–water partition coefficient (Wildman–Crippen LogP) is 3.57. The maximum atomic E-state index is 5.65. The van der Waals surface area contributed by atoms with Crippen molar-refractivity contribution in [2.45, 2.75) is 38.3 Å². The molecule has 1 atom stereocenters. The first kappa shape index (κ1) is 11.9. The first-order valence-electron chi connectivity index (χ1n) is 6.60. The van der Waals surface area contributed by atoms with Crippen molar-refractivity contribution < 1.29 is 4.74 Å². The second-order valence-electron chi connectivity index (χ2n) is 4.70. The van der Waals surface area contributed by atoms with E-state index in [0.717, 1.165) is 19.0 Å². The lowest BCUT2D eigenvalue weighted by Gasteiger charge is -2.10. The van der Waals surface area contributed by atoms with Gasteiger partial charge in [0.15, 0.2) is 0 Å². The quantitative estimate of drug-likeness (QED) is 0.823. The molecule has 1 aliphatic rings. The highest BCUT2D eigenvalue weighted by Crippen LogP contribution is 2.24. The highest BCUT2D eigenvalue weighted by molar-refractivity contribution is 7.13. The fourth-order valence-corrected chi connectivity index (χ4v) is 3.22. The summed E-state index contributed by atoms with van der Waals surface area (Å²) in [5.74, 6) is 1.09. The molecule has 18 heavy (non-hydrogen) atoms. The Bertz CT molecular complexity index is 472. The molecule has 0 bridgehead atoms. The van der Waals surface area contributed by atoms with Gasteiger partial charge in [0.2, 0.25) is 0 Å². The summed E-state index contributed by atoms with van der Waals surface area (Å²) in [6, 6.07) is 4.20. The molecule has 96 valence electrons. The number of hydrogen-bond donors (Lipinski definition) is 0. The fourth-order valence-electron chi connectivity index (χ4n) is 2.48. The van der Waals surface area contributed by atoms with Crippen molar-refractivity contribution >= 4 is 11.3 Å². The van der Waals surface area contributed by atoms with Gasteiger partial charge in [-0.3, -0.25) is 0 Å². The predicted molar refractivity (Wildman–Crippen MR) is 73.7 cm³/mol. The van der Waals surface area contributed by atoms with Crippen LogP contribution in [-0.2, 0) is 11.3 Å². The molecule has 2 aromatic heterocycles. The molecule has 3 heterocycles. The zero-order chi connectivity index (χ0) is 12.2. The van der Waals surface area contributed by atoms with Crippen molar-refractivity contribution in [3.05, 3.63) is 29.9 Å². The Morgan fingerprint density at radius 2 is 2.50 bits per heavy atom. The summed E-state index contributed by atoms with van der Waals surface area (Å²) in [4.78, 5) is 5.70. The number of aromatic nitrogens is 2. The Morgan fingerprint density at radius 1 is 1.50 bits per heavy atom. The minimum Gasteiger partial charge on any atom is -0.378 e. The maximum Gasteiger partial charge on any atom is 0.149 e. The lowest BCUT2D eigenvalue weighted by molar-refractivity contribution is 0.101. The molecular formula is C14H18N2OS. The van der Waals surface area contributed by atoms with E-state index in [0.29, 0.717) is 6.10 Å². The normalized spacial score (nSPS) is 19.4. The number of hydrogen-bond acceptors (Lipinski definition) is 3. The number of aryl methyl sites for hydroxylation is 1. The Kier molecular flexibility index (Phi) is 3.76. The van der Waals surface area contributed by atoms with Crippen molar-refractivity contribution in [1.82, 2.24) is 9.55 Å². The van der Waals surface area contributed by atoms with E-state index in [1.807, 2.05) is 6.20 Å². The van der Waals surface area contributed by atoms with E-state index in [-0.39, 0.29) is 0 Å². The zero-order valence-corrected chi connectivity index (χ0v) is 11.2. The first-order chi connectivity index (χ1) is 8.93. The van der Waals surface area contributed by atoms with E-state index in [1.165, 1.54) is 30.6 Å². The van der Waals surface area contributed by atoms with E-state index in [4.69, 9.17) is 4.74 Å². The summed E-state index contributed by atoms with van der Waals surface area (Å²) >= 11 is 1.75. The Hall–Kier alpha value is -1.13. The Balaban J connectivity index is 1.58. The van der Waals surface area contributed by atoms with Crippen LogP contribution >= 0.6 is 11.3 Å². The van der Waals surface area contributed by atoms with Crippen molar-refractivity contribution in [3.8, 4) is 10.7 Å². The van der Waals surface area contributed by atoms with Gasteiger partial charge in [0, 0.05) is 25.5 Å². The Labute approximate surface area is 111 Å². The van der Waals surface area contributed by atoms with Gasteiger partial charge in [-0.1, -0.05) is 6.07 Å². The third kappa shape index (κ3) is 2.65. The number of ether oxygens (including phenoxy) is 1. The molecule has 3 nitrogen and oxygen atoms in total. The molecule has 0 aliphatic carbocycles. The van der Waals surface area contributed by atoms with Crippen LogP contribution in [0, 0.1) is 0 Å². The molecular weight excluding hydrogens is 244 g/mol. The molecule has 1 fully saturated rings. The molecule has 0 N–H and O–H groups in total. The van der Waals surface area contributed by atoms with Gasteiger partial charge < -0.3 is 9.30 Å². The van der Waals surface area contributed by atoms with Crippen LogP contribution in [0.15, 0.2) is 29.9 Å². The van der Waals surface area contributed by atoms with E-state index in [2.05, 4.69) is 33.3 Å². The molecule has 4 heteroatoms. The molecule has 3 rings (SSSR count). The number of nitrogens with zero attached hydrogens (tertiary/aromatic N) is 2. The minimum absolute atomic E-state index is 0.499. The maximum absolute atomic E-state index is 5.65. The fraction of sp³-hybridized carbons (Fsp3) is 0.500. The standard InChI is InChI=1S/C14H18N2OS/c1(4-12-5-2-10-17-12)8-16-9-7-15-14(16)13-6-3-11-18-13/h3,6-7,9,11-12H,1-2,4-5,8,10H2. The number of thiophene rings is 1. The smallest absolute Gasteiger partial charge is 0.149 e. The van der Waals surface area contributed by atoms with Crippen LogP contribution in [0.1, 0.15) is 25.7 Å². The van der Waals surface area contributed by atoms with Gasteiger partial charge in [-0.15, -0.1) is 11.3 Å². The van der Waals surface area contributed by atoms with Crippen LogP contribution in [0.25, 0.3) is 10.7 Å². The molecule has 1 unspecified atom stereocenters. The summed E-state index contributed by atoms with van der Waals surface area (Å²) in [5, 5.41) is 2.10. The molecule has 1 saturated heterocycles. The monoisotopic (exact) mass is 262 g/mol. The van der Waals surface area contributed by atoms with Gasteiger partial charge in [0.05, 0.1) is 11.0 Å². The van der Waals surface area contributed by atoms with Gasteiger partial charge in [-0.2, -0.15) is 0 Å². The molecule has 0 amide bonds. The van der Waals surface area contributed by atoms with Crippen LogP contribution in [0.5, 0.6) is 0 Å². The largest absolute Gasteiger partial charge is 0.378 e. The van der Waals surface area contributed by atoms with Crippen LogP contribution < -0.4 is 0 Å². The molecule has 0 saturated carbocycles. The second-order valence-corrected chi connectivity index (χ2v) is 5.65. The molecule has 2 aromatic rings. The molecule has 0 spiro atoms. The van der Waals surface area contributed by atoms with Crippen LogP contribution in [-0.4, -0.2) is 22.3 Å². The highest BCUT2D eigenvalue weighted by atomic mass is 32.1. The second kappa shape index (κ2) is 5.67. The van der Waals surface area contributed by atoms with Crippen molar-refractivity contribution in [2.24, 2.45) is 0 Å². The van der Waals surface area contributed by atoms with Crippen molar-refractivity contribution in [3.63, 3.8) is 0 Å². The topological polar surface area (TPSA) is 27.1 Å². The minimum atomic E-state index is 0.499. The summed E-state index contributed by atoms with van der Waals surface area (Å²) in [7, 11) is 0. The van der Waals surface area contributed by atoms with Gasteiger partial charge >= 0.3 is 0 Å². The molecule has 1 aliphatic heterocycles. The van der Waals surface area contributed by atoms with E-state index in [1.54, 1.807) is 11.3 Å². The van der Waals surface area contributed by atoms with Crippen LogP contribution in [0.4, 0.5) is 0 Å². The van der Waals surface area contributed by atoms with E-state index < -0.39 is 0 Å². The highest BCUT2D eigenvalue weighted by Gasteiger charge is 2.15. The van der Waals surface area contributed by atoms with Gasteiger partial charge in [0.25, 0.3) is 0 Å². The lowest BCUT2D eigenvalue weighted by Crippen LogP contribution is -2.07. The molecule has 0 aromatic carbocycles. The van der Waals surface area contributed by atoms with Crippen molar-refractivity contribution in [2.75, 3.05) is 6.61 Å². The summed E-state index contributed by atoms with van der Waals surface area (Å²) in [6.07, 6.45) is 9.27. The van der Waals surface area contributed by atoms with Crippen LogP contribution in [0.2, 0.25) is 0 Å². The first-order valence-corrected chi connectivity index (χ1v) is 7.48. The third-order valence-corrected chi connectivity index (χ3v) is 4.27. The summed E-state index contributed by atoms with van der Waals surface area (Å²) in [5.41, 5.74) is 0. The molecule has 0 radical (unpaired) electrons. The summed E-state index contributed by atoms with van der Waals surface area (Å²) in [6.45, 7) is 1.99. The lowest BCUT2D eigenvalue weighted by atomic mass is 10.1. The average molecular weight is 262 g/mol. The van der Waals surface area contributed by atoms with Crippen molar-refractivity contribution in [1.29, 1.82) is 0 Å². The SMILES string of the molecule is c1csc(-c2nccn2CCCC2CCCO2)c1.